The van der Waals surface area contributed by atoms with Crippen LogP contribution >= 0.6 is 23.1 Å². The number of piperazine rings is 1. The van der Waals surface area contributed by atoms with Crippen LogP contribution in [0.4, 0.5) is 5.13 Å². The molecule has 35 heavy (non-hydrogen) atoms. The molecule has 0 spiro atoms. The number of β-lactam (4-membered cyclic amide) rings is 1. The van der Waals surface area contributed by atoms with E-state index in [-0.39, 0.29) is 22.2 Å². The Kier molecular flexibility index (Phi) is 6.86. The van der Waals surface area contributed by atoms with Crippen molar-refractivity contribution in [3.05, 3.63) is 22.5 Å². The third-order valence-electron chi connectivity index (χ3n) is 6.39. The fourth-order valence-corrected chi connectivity index (χ4v) is 6.73. The van der Waals surface area contributed by atoms with Crippen molar-refractivity contribution in [2.75, 3.05) is 51.4 Å². The van der Waals surface area contributed by atoms with E-state index in [1.54, 1.807) is 6.92 Å². The van der Waals surface area contributed by atoms with Crippen LogP contribution in [0.1, 0.15) is 12.6 Å². The van der Waals surface area contributed by atoms with Crippen molar-refractivity contribution in [2.45, 2.75) is 17.8 Å². The molecular formula is C20H25N7O6S2. The monoisotopic (exact) mass is 523 g/mol. The van der Waals surface area contributed by atoms with Crippen LogP contribution in [0.15, 0.2) is 21.9 Å². The molecule has 3 N–H and O–H groups in total. The molecule has 4 heterocycles. The molecule has 1 aromatic heterocycles. The standard InChI is InChI=1S/C20H25N7O6S2/c1-20(24-15(29)13(25-33-3)11-8-35-19(23-11)22-10-28)17(32)26-14(16(30)31)12(9-34-18(20)26)27(2)6-4-21-5-7-27/h8,10,18,21H,4-7,9H2,1-3H3,(H2-,22,23,24,28,29,30,31)/t18-,20+/m0/s1. The number of quaternary nitrogens is 1. The number of nitrogens with one attached hydrogen (secondary N) is 3. The Hall–Kier alpha value is -3.01. The first-order valence-corrected chi connectivity index (χ1v) is 12.6. The number of oxime groups is 1. The van der Waals surface area contributed by atoms with Gasteiger partial charge in [0, 0.05) is 18.5 Å². The van der Waals surface area contributed by atoms with Crippen molar-refractivity contribution < 1.29 is 33.6 Å². The van der Waals surface area contributed by atoms with Gasteiger partial charge in [0.15, 0.2) is 10.8 Å². The largest absolute Gasteiger partial charge is 0.543 e. The number of anilines is 1. The van der Waals surface area contributed by atoms with E-state index in [0.29, 0.717) is 35.4 Å². The number of aromatic nitrogens is 1. The molecule has 0 radical (unpaired) electrons. The molecule has 0 bridgehead atoms. The molecule has 15 heteroatoms. The number of nitrogens with zero attached hydrogens (tertiary/aromatic N) is 4. The maximum Gasteiger partial charge on any atom is 0.276 e. The second-order valence-corrected chi connectivity index (χ2v) is 10.5. The van der Waals surface area contributed by atoms with Gasteiger partial charge in [0.2, 0.25) is 6.41 Å². The van der Waals surface area contributed by atoms with Crippen LogP contribution in [-0.4, -0.2) is 101 Å². The molecule has 2 saturated heterocycles. The van der Waals surface area contributed by atoms with E-state index in [9.17, 15) is 24.3 Å². The third kappa shape index (κ3) is 4.28. The fourth-order valence-electron chi connectivity index (χ4n) is 4.47. The molecule has 3 aliphatic rings. The topological polar surface area (TPSA) is 165 Å². The van der Waals surface area contributed by atoms with Gasteiger partial charge in [-0.1, -0.05) is 5.16 Å². The Bertz CT molecular complexity index is 1130. The summed E-state index contributed by atoms with van der Waals surface area (Å²) in [5.41, 5.74) is -0.912. The second-order valence-electron chi connectivity index (χ2n) is 8.59. The quantitative estimate of drug-likeness (QED) is 0.113. The minimum Gasteiger partial charge on any atom is -0.543 e. The number of carbonyl (C=O) groups excluding carboxylic acids is 4. The zero-order chi connectivity index (χ0) is 25.4. The number of hydrogen-bond donors (Lipinski definition) is 3. The number of carbonyl (C=O) groups is 4. The summed E-state index contributed by atoms with van der Waals surface area (Å²) in [5, 5.41) is 25.4. The van der Waals surface area contributed by atoms with Crippen LogP contribution in [0.5, 0.6) is 0 Å². The predicted molar refractivity (Wildman–Crippen MR) is 126 cm³/mol. The zero-order valence-corrected chi connectivity index (χ0v) is 21.0. The van der Waals surface area contributed by atoms with Crippen LogP contribution in [0.2, 0.25) is 0 Å². The third-order valence-corrected chi connectivity index (χ3v) is 8.60. The number of fused-ring (bicyclic) bond motifs is 1. The lowest BCUT2D eigenvalue weighted by atomic mass is 9.88. The first-order valence-electron chi connectivity index (χ1n) is 10.7. The summed E-state index contributed by atoms with van der Waals surface area (Å²) in [4.78, 5) is 59.4. The van der Waals surface area contributed by atoms with E-state index in [1.807, 2.05) is 7.05 Å². The number of amides is 3. The van der Waals surface area contributed by atoms with E-state index < -0.39 is 28.7 Å². The number of carboxylic acid groups (broad SMARTS) is 1. The highest BCUT2D eigenvalue weighted by molar-refractivity contribution is 8.00. The van der Waals surface area contributed by atoms with E-state index in [2.05, 4.69) is 26.1 Å². The molecule has 0 aliphatic carbocycles. The van der Waals surface area contributed by atoms with Gasteiger partial charge in [-0.05, 0) is 6.92 Å². The van der Waals surface area contributed by atoms with Crippen molar-refractivity contribution in [2.24, 2.45) is 5.16 Å². The molecular weight excluding hydrogens is 498 g/mol. The van der Waals surface area contributed by atoms with Crippen LogP contribution in [0.3, 0.4) is 0 Å². The molecule has 2 atom stereocenters. The number of carboxylic acids is 1. The highest BCUT2D eigenvalue weighted by Crippen LogP contribution is 2.47. The van der Waals surface area contributed by atoms with Gasteiger partial charge < -0.3 is 30.7 Å². The lowest BCUT2D eigenvalue weighted by Crippen LogP contribution is -2.79. The molecule has 2 fully saturated rings. The van der Waals surface area contributed by atoms with Gasteiger partial charge in [-0.2, -0.15) is 0 Å². The summed E-state index contributed by atoms with van der Waals surface area (Å²) < 4.78 is 0.411. The average Bonchev–Trinajstić information content (AvgIpc) is 3.29. The maximum absolute atomic E-state index is 13.3. The van der Waals surface area contributed by atoms with Gasteiger partial charge >= 0.3 is 0 Å². The van der Waals surface area contributed by atoms with Crippen molar-refractivity contribution in [1.29, 1.82) is 0 Å². The van der Waals surface area contributed by atoms with E-state index >= 15 is 0 Å². The molecule has 188 valence electrons. The normalized spacial score (nSPS) is 25.9. The molecule has 1 aromatic rings. The van der Waals surface area contributed by atoms with Crippen LogP contribution < -0.4 is 21.1 Å². The number of likely N-dealkylation sites (N-methyl/N-ethyl adjacent to an activating group) is 1. The Labute approximate surface area is 209 Å². The molecule has 3 amide bonds. The van der Waals surface area contributed by atoms with Crippen molar-refractivity contribution in [1.82, 2.24) is 20.5 Å². The summed E-state index contributed by atoms with van der Waals surface area (Å²) in [7, 11) is 3.22. The van der Waals surface area contributed by atoms with Gasteiger partial charge in [-0.15, -0.1) is 23.1 Å². The summed E-state index contributed by atoms with van der Waals surface area (Å²) in [6, 6.07) is 0. The van der Waals surface area contributed by atoms with Gasteiger partial charge in [0.25, 0.3) is 11.8 Å². The highest BCUT2D eigenvalue weighted by atomic mass is 32.2. The van der Waals surface area contributed by atoms with Crippen LogP contribution in [-0.2, 0) is 24.0 Å². The minimum absolute atomic E-state index is 0.121. The number of thioether (sulfide) groups is 1. The Morgan fingerprint density at radius 3 is 2.77 bits per heavy atom. The minimum atomic E-state index is -1.41. The van der Waals surface area contributed by atoms with Crippen molar-refractivity contribution in [3.8, 4) is 0 Å². The number of aliphatic carboxylic acids is 1. The molecule has 13 nitrogen and oxygen atoms in total. The highest BCUT2D eigenvalue weighted by Gasteiger charge is 2.63. The van der Waals surface area contributed by atoms with Gasteiger partial charge in [0.1, 0.15) is 35.1 Å². The summed E-state index contributed by atoms with van der Waals surface area (Å²) in [6.45, 7) is 4.40. The van der Waals surface area contributed by atoms with Crippen molar-refractivity contribution >= 4 is 58.1 Å². The fraction of sp³-hybridized carbons (Fsp3) is 0.500. The molecule has 3 aliphatic heterocycles. The van der Waals surface area contributed by atoms with Crippen molar-refractivity contribution in [3.63, 3.8) is 0 Å². The Morgan fingerprint density at radius 2 is 2.14 bits per heavy atom. The molecule has 0 unspecified atom stereocenters. The summed E-state index contributed by atoms with van der Waals surface area (Å²) >= 11 is 2.48. The smallest absolute Gasteiger partial charge is 0.276 e. The number of rotatable bonds is 8. The van der Waals surface area contributed by atoms with Crippen LogP contribution in [0, 0.1) is 0 Å². The molecule has 4 rings (SSSR count). The zero-order valence-electron chi connectivity index (χ0n) is 19.3. The predicted octanol–water partition coefficient (Wildman–Crippen LogP) is -2.14. The Morgan fingerprint density at radius 1 is 1.43 bits per heavy atom. The van der Waals surface area contributed by atoms with E-state index in [0.717, 1.165) is 24.4 Å². The lowest BCUT2D eigenvalue weighted by Gasteiger charge is -2.57. The average molecular weight is 524 g/mol. The maximum atomic E-state index is 13.3. The van der Waals surface area contributed by atoms with Crippen LogP contribution in [0.25, 0.3) is 0 Å². The van der Waals surface area contributed by atoms with Gasteiger partial charge in [-0.25, -0.2) is 4.98 Å². The van der Waals surface area contributed by atoms with Gasteiger partial charge in [-0.3, -0.25) is 23.8 Å². The molecule has 0 aromatic carbocycles. The summed E-state index contributed by atoms with van der Waals surface area (Å²) in [6.07, 6.45) is 0.457. The summed E-state index contributed by atoms with van der Waals surface area (Å²) in [5.74, 6) is -2.31. The van der Waals surface area contributed by atoms with E-state index in [4.69, 9.17) is 4.84 Å². The SMILES string of the molecule is CON=C(C(=O)N[C@]1(C)C(=O)N2C(C(=O)[O-])=C([N+]3(C)CCNCC3)CS[C@H]21)c1csc(NC=O)n1. The first kappa shape index (κ1) is 25.1. The van der Waals surface area contributed by atoms with Gasteiger partial charge in [0.05, 0.1) is 31.9 Å². The lowest BCUT2D eigenvalue weighted by molar-refractivity contribution is -0.874. The second kappa shape index (κ2) is 9.56. The molecule has 0 saturated carbocycles. The number of hydrogen-bond acceptors (Lipinski definition) is 11. The number of thiazole rings is 1. The van der Waals surface area contributed by atoms with E-state index in [1.165, 1.54) is 29.2 Å². The Balaban J connectivity index is 1.59. The first-order chi connectivity index (χ1) is 16.7.